The van der Waals surface area contributed by atoms with E-state index in [0.29, 0.717) is 0 Å². The molecule has 0 fully saturated rings. The van der Waals surface area contributed by atoms with Gasteiger partial charge < -0.3 is 4.42 Å². The third-order valence-electron chi connectivity index (χ3n) is 0.847. The Labute approximate surface area is 61.4 Å². The molecule has 3 heteroatoms. The van der Waals surface area contributed by atoms with E-state index in [1.54, 1.807) is 0 Å². The van der Waals surface area contributed by atoms with Crippen LogP contribution in [0, 0.1) is 17.6 Å². The van der Waals surface area contributed by atoms with Gasteiger partial charge >= 0.3 is 0 Å². The van der Waals surface area contributed by atoms with E-state index in [0.717, 1.165) is 15.4 Å². The minimum Gasteiger partial charge on any atom is -0.435 e. The van der Waals surface area contributed by atoms with Crippen molar-refractivity contribution in [2.75, 3.05) is 0 Å². The molecule has 0 spiro atoms. The molecule has 1 aromatic rings. The molecule has 0 radical (unpaired) electrons. The van der Waals surface area contributed by atoms with E-state index in [-0.39, 0.29) is 0 Å². The van der Waals surface area contributed by atoms with Crippen LogP contribution in [0.15, 0.2) is 4.42 Å². The number of nitrogens with zero attached hydrogens (tertiary/aromatic N) is 1. The molecule has 1 rings (SSSR count). The summed E-state index contributed by atoms with van der Waals surface area (Å²) in [7, 11) is 0. The van der Waals surface area contributed by atoms with Gasteiger partial charge in [0.25, 0.3) is 0 Å². The van der Waals surface area contributed by atoms with Crippen LogP contribution in [0.25, 0.3) is 0 Å². The Morgan fingerprint density at radius 2 is 2.12 bits per heavy atom. The van der Waals surface area contributed by atoms with Crippen molar-refractivity contribution in [3.8, 4) is 0 Å². The van der Waals surface area contributed by atoms with Gasteiger partial charge in [-0.3, -0.25) is 0 Å². The Bertz CT molecular complexity index is 175. The number of rotatable bonds is 0. The predicted octanol–water partition coefficient (Wildman–Crippen LogP) is 1.90. The summed E-state index contributed by atoms with van der Waals surface area (Å²) in [5.74, 6) is 0.743. The van der Waals surface area contributed by atoms with Crippen LogP contribution >= 0.6 is 22.6 Å². The summed E-state index contributed by atoms with van der Waals surface area (Å²) < 4.78 is 5.98. The number of oxazole rings is 1. The van der Waals surface area contributed by atoms with Crippen molar-refractivity contribution in [3.05, 3.63) is 15.4 Å². The Morgan fingerprint density at radius 3 is 2.25 bits per heavy atom. The van der Waals surface area contributed by atoms with Gasteiger partial charge in [-0.25, -0.2) is 4.98 Å². The van der Waals surface area contributed by atoms with Gasteiger partial charge in [0.1, 0.15) is 0 Å². The van der Waals surface area contributed by atoms with E-state index in [1.165, 1.54) is 0 Å². The van der Waals surface area contributed by atoms with Crippen molar-refractivity contribution in [1.82, 2.24) is 4.98 Å². The molecule has 1 heterocycles. The lowest BCUT2D eigenvalue weighted by molar-refractivity contribution is 0.496. The number of aryl methyl sites for hydroxylation is 2. The second-order valence-electron chi connectivity index (χ2n) is 1.59. The van der Waals surface area contributed by atoms with Gasteiger partial charge in [-0.1, -0.05) is 0 Å². The molecule has 0 N–H and O–H groups in total. The van der Waals surface area contributed by atoms with E-state index < -0.39 is 0 Å². The van der Waals surface area contributed by atoms with E-state index in [9.17, 15) is 0 Å². The van der Waals surface area contributed by atoms with Crippen molar-refractivity contribution in [2.24, 2.45) is 0 Å². The van der Waals surface area contributed by atoms with Crippen LogP contribution in [0.5, 0.6) is 0 Å². The molecule has 44 valence electrons. The molecule has 0 saturated carbocycles. The molecular weight excluding hydrogens is 217 g/mol. The molecule has 0 aromatic carbocycles. The predicted molar refractivity (Wildman–Crippen MR) is 38.7 cm³/mol. The van der Waals surface area contributed by atoms with Crippen molar-refractivity contribution in [3.63, 3.8) is 0 Å². The van der Waals surface area contributed by atoms with Gasteiger partial charge in [-0.05, 0) is 6.92 Å². The lowest BCUT2D eigenvalue weighted by atomic mass is 10.6. The first-order valence-electron chi connectivity index (χ1n) is 2.29. The highest BCUT2D eigenvalue weighted by Crippen LogP contribution is 2.10. The van der Waals surface area contributed by atoms with Gasteiger partial charge in [0.05, 0.1) is 5.69 Å². The first-order chi connectivity index (χ1) is 3.70. The maximum Gasteiger partial charge on any atom is 0.192 e. The van der Waals surface area contributed by atoms with Gasteiger partial charge in [-0.2, -0.15) is 0 Å². The molecular formula is C5H6INO. The summed E-state index contributed by atoms with van der Waals surface area (Å²) in [6.07, 6.45) is 0. The monoisotopic (exact) mass is 223 g/mol. The molecule has 0 saturated heterocycles. The zero-order valence-electron chi connectivity index (χ0n) is 4.73. The minimum atomic E-state index is 0.743. The molecule has 0 aliphatic carbocycles. The summed E-state index contributed by atoms with van der Waals surface area (Å²) in [5, 5.41) is 0. The maximum atomic E-state index is 5.09. The molecule has 0 aliphatic rings. The third kappa shape index (κ3) is 1.02. The topological polar surface area (TPSA) is 26.0 Å². The second kappa shape index (κ2) is 2.05. The van der Waals surface area contributed by atoms with Crippen LogP contribution in [0.1, 0.15) is 11.6 Å². The van der Waals surface area contributed by atoms with Gasteiger partial charge in [0, 0.05) is 29.5 Å². The lowest BCUT2D eigenvalue weighted by Gasteiger charge is -1.74. The third-order valence-corrected chi connectivity index (χ3v) is 1.85. The smallest absolute Gasteiger partial charge is 0.192 e. The average molecular weight is 223 g/mol. The molecule has 1 aromatic heterocycles. The molecule has 0 unspecified atom stereocenters. The molecule has 8 heavy (non-hydrogen) atoms. The Kier molecular flexibility index (Phi) is 1.55. The van der Waals surface area contributed by atoms with Crippen LogP contribution in [-0.2, 0) is 0 Å². The normalized spacial score (nSPS) is 9.88. The highest BCUT2D eigenvalue weighted by Gasteiger charge is 1.99. The lowest BCUT2D eigenvalue weighted by Crippen LogP contribution is -1.70. The SMILES string of the molecule is Cc1nc(C)c(I)o1. The standard InChI is InChI=1S/C5H6INO/c1-3-5(6)8-4(2)7-3/h1-2H3. The first kappa shape index (κ1) is 6.07. The summed E-state index contributed by atoms with van der Waals surface area (Å²) in [4.78, 5) is 4.04. The molecule has 2 nitrogen and oxygen atoms in total. The van der Waals surface area contributed by atoms with Crippen molar-refractivity contribution < 1.29 is 4.42 Å². The highest BCUT2D eigenvalue weighted by atomic mass is 127. The Morgan fingerprint density at radius 1 is 1.50 bits per heavy atom. The summed E-state index contributed by atoms with van der Waals surface area (Å²) in [6, 6.07) is 0. The largest absolute Gasteiger partial charge is 0.435 e. The number of hydrogen-bond donors (Lipinski definition) is 0. The molecule has 0 bridgehead atoms. The van der Waals surface area contributed by atoms with Gasteiger partial charge in [0.2, 0.25) is 0 Å². The second-order valence-corrected chi connectivity index (χ2v) is 2.57. The van der Waals surface area contributed by atoms with E-state index >= 15 is 0 Å². The van der Waals surface area contributed by atoms with Crippen LogP contribution in [0.3, 0.4) is 0 Å². The maximum absolute atomic E-state index is 5.09. The fourth-order valence-corrected chi connectivity index (χ4v) is 0.946. The number of halogens is 1. The van der Waals surface area contributed by atoms with Crippen molar-refractivity contribution in [1.29, 1.82) is 0 Å². The van der Waals surface area contributed by atoms with Crippen molar-refractivity contribution in [2.45, 2.75) is 13.8 Å². The van der Waals surface area contributed by atoms with Gasteiger partial charge in [-0.15, -0.1) is 0 Å². The first-order valence-corrected chi connectivity index (χ1v) is 3.37. The zero-order chi connectivity index (χ0) is 6.15. The molecule has 0 amide bonds. The van der Waals surface area contributed by atoms with Crippen LogP contribution in [-0.4, -0.2) is 4.98 Å². The highest BCUT2D eigenvalue weighted by molar-refractivity contribution is 14.1. The van der Waals surface area contributed by atoms with E-state index in [1.807, 2.05) is 13.8 Å². The molecule has 0 atom stereocenters. The summed E-state index contributed by atoms with van der Waals surface area (Å²) in [5.41, 5.74) is 0.975. The summed E-state index contributed by atoms with van der Waals surface area (Å²) in [6.45, 7) is 3.77. The van der Waals surface area contributed by atoms with Crippen LogP contribution in [0.4, 0.5) is 0 Å². The fourth-order valence-electron chi connectivity index (χ4n) is 0.506. The molecule has 0 aliphatic heterocycles. The number of hydrogen-bond acceptors (Lipinski definition) is 2. The van der Waals surface area contributed by atoms with Crippen molar-refractivity contribution >= 4 is 22.6 Å². The number of aromatic nitrogens is 1. The van der Waals surface area contributed by atoms with E-state index in [2.05, 4.69) is 27.6 Å². The fraction of sp³-hybridized carbons (Fsp3) is 0.400. The van der Waals surface area contributed by atoms with Crippen LogP contribution < -0.4 is 0 Å². The quantitative estimate of drug-likeness (QED) is 0.627. The van der Waals surface area contributed by atoms with Crippen LogP contribution in [0.2, 0.25) is 0 Å². The minimum absolute atomic E-state index is 0.743. The zero-order valence-corrected chi connectivity index (χ0v) is 6.89. The average Bonchev–Trinajstić information content (AvgIpc) is 1.85. The van der Waals surface area contributed by atoms with E-state index in [4.69, 9.17) is 4.42 Å². The summed E-state index contributed by atoms with van der Waals surface area (Å²) >= 11 is 2.12. The van der Waals surface area contributed by atoms with Gasteiger partial charge in [0.15, 0.2) is 9.66 Å². The Hall–Kier alpha value is -0.0600. The Balaban J connectivity index is 3.14.